The monoisotopic (exact) mass is 545 g/mol. The molecule has 0 aliphatic carbocycles. The van der Waals surface area contributed by atoms with Crippen LogP contribution in [-0.2, 0) is 23.6 Å². The summed E-state index contributed by atoms with van der Waals surface area (Å²) < 4.78 is 28.5. The smallest absolute Gasteiger partial charge is 0.252 e. The molecule has 0 saturated carbocycles. The fourth-order valence-corrected chi connectivity index (χ4v) is 5.08. The summed E-state index contributed by atoms with van der Waals surface area (Å²) in [5, 5.41) is 5.64. The number of hydrogen-bond acceptors (Lipinski definition) is 4. The molecule has 0 atom stereocenters. The van der Waals surface area contributed by atoms with Crippen LogP contribution in [0.1, 0.15) is 5.69 Å². The van der Waals surface area contributed by atoms with Crippen LogP contribution in [0.5, 0.6) is 0 Å². The number of guanidine groups is 1. The van der Waals surface area contributed by atoms with E-state index in [0.29, 0.717) is 34.8 Å². The van der Waals surface area contributed by atoms with Crippen molar-refractivity contribution in [2.45, 2.75) is 10.8 Å². The number of sulfonamides is 1. The number of thiophene rings is 1. The number of rotatable bonds is 7. The molecule has 0 aliphatic rings. The number of halogens is 2. The van der Waals surface area contributed by atoms with Crippen molar-refractivity contribution in [3.8, 4) is 0 Å². The Morgan fingerprint density at radius 2 is 2.11 bits per heavy atom. The van der Waals surface area contributed by atoms with Crippen LogP contribution >= 0.6 is 46.9 Å². The van der Waals surface area contributed by atoms with Crippen LogP contribution in [0.4, 0.5) is 0 Å². The van der Waals surface area contributed by atoms with Crippen molar-refractivity contribution in [2.24, 2.45) is 12.0 Å². The Bertz CT molecular complexity index is 852. The molecule has 0 radical (unpaired) electrons. The second-order valence-electron chi connectivity index (χ2n) is 5.85. The molecule has 2 aromatic heterocycles. The molecule has 0 spiro atoms. The van der Waals surface area contributed by atoms with Gasteiger partial charge in [0.2, 0.25) is 0 Å². The molecule has 152 valence electrons. The molecule has 2 rings (SSSR count). The average molecular weight is 546 g/mol. The van der Waals surface area contributed by atoms with Crippen LogP contribution in [0.3, 0.4) is 0 Å². The molecule has 7 nitrogen and oxygen atoms in total. The van der Waals surface area contributed by atoms with Gasteiger partial charge in [0.25, 0.3) is 10.0 Å². The van der Waals surface area contributed by atoms with E-state index in [-0.39, 0.29) is 24.0 Å². The molecule has 0 aliphatic heterocycles. The van der Waals surface area contributed by atoms with Gasteiger partial charge < -0.3 is 14.8 Å². The normalized spacial score (nSPS) is 12.1. The van der Waals surface area contributed by atoms with Gasteiger partial charge in [-0.05, 0) is 17.5 Å². The standard InChI is InChI=1S/C16H24ClN5O2S2.HI/c1-18-16(21(3)12-14-10-13(17)11-20(14)2)19-7-8-22(4)26(23,24)15-6-5-9-25-15;/h5-6,9-11H,7-8,12H2,1-4H3,(H,18,19);1H. The number of likely N-dealkylation sites (N-methyl/N-ethyl adjacent to an activating group) is 1. The van der Waals surface area contributed by atoms with Gasteiger partial charge in [0.15, 0.2) is 5.96 Å². The summed E-state index contributed by atoms with van der Waals surface area (Å²) in [6, 6.07) is 5.25. The van der Waals surface area contributed by atoms with Crippen molar-refractivity contribution in [3.63, 3.8) is 0 Å². The van der Waals surface area contributed by atoms with Gasteiger partial charge in [-0.1, -0.05) is 17.7 Å². The molecule has 2 heterocycles. The van der Waals surface area contributed by atoms with Gasteiger partial charge in [0, 0.05) is 53.2 Å². The summed E-state index contributed by atoms with van der Waals surface area (Å²) in [5.41, 5.74) is 1.05. The van der Waals surface area contributed by atoms with Crippen molar-refractivity contribution in [3.05, 3.63) is 40.5 Å². The minimum atomic E-state index is -3.43. The molecule has 0 fully saturated rings. The summed E-state index contributed by atoms with van der Waals surface area (Å²) in [6.07, 6.45) is 1.85. The van der Waals surface area contributed by atoms with Gasteiger partial charge >= 0.3 is 0 Å². The summed E-state index contributed by atoms with van der Waals surface area (Å²) in [4.78, 5) is 6.21. The van der Waals surface area contributed by atoms with E-state index in [2.05, 4.69) is 10.3 Å². The maximum atomic E-state index is 12.4. The van der Waals surface area contributed by atoms with Crippen molar-refractivity contribution in [1.29, 1.82) is 0 Å². The van der Waals surface area contributed by atoms with Gasteiger partial charge in [-0.3, -0.25) is 4.99 Å². The lowest BCUT2D eigenvalue weighted by Gasteiger charge is -2.23. The number of nitrogens with one attached hydrogen (secondary N) is 1. The number of aromatic nitrogens is 1. The molecule has 0 aromatic carbocycles. The highest BCUT2D eigenvalue weighted by Crippen LogP contribution is 2.19. The SMILES string of the molecule is CN=C(NCCN(C)S(=O)(=O)c1cccs1)N(C)Cc1cc(Cl)cn1C.I. The predicted molar refractivity (Wildman–Crippen MR) is 123 cm³/mol. The third kappa shape index (κ3) is 6.34. The number of nitrogens with zero attached hydrogens (tertiary/aromatic N) is 4. The van der Waals surface area contributed by atoms with Gasteiger partial charge in [-0.2, -0.15) is 4.31 Å². The zero-order valence-corrected chi connectivity index (χ0v) is 20.4. The Balaban J connectivity index is 0.00000364. The van der Waals surface area contributed by atoms with Gasteiger partial charge in [0.05, 0.1) is 11.6 Å². The maximum Gasteiger partial charge on any atom is 0.252 e. The molecule has 0 unspecified atom stereocenters. The molecule has 1 N–H and O–H groups in total. The molecular formula is C16H25ClIN5O2S2. The van der Waals surface area contributed by atoms with Crippen LogP contribution in [0, 0.1) is 0 Å². The molecule has 2 aromatic rings. The largest absolute Gasteiger partial charge is 0.355 e. The highest BCUT2D eigenvalue weighted by Gasteiger charge is 2.21. The summed E-state index contributed by atoms with van der Waals surface area (Å²) >= 11 is 7.24. The number of aliphatic imine (C=N–C) groups is 1. The number of hydrogen-bond donors (Lipinski definition) is 1. The minimum Gasteiger partial charge on any atom is -0.355 e. The topological polar surface area (TPSA) is 69.9 Å². The third-order valence-electron chi connectivity index (χ3n) is 3.92. The Kier molecular flexibility index (Phi) is 9.55. The quantitative estimate of drug-likeness (QED) is 0.330. The van der Waals surface area contributed by atoms with Crippen molar-refractivity contribution in [2.75, 3.05) is 34.2 Å². The first-order valence-corrected chi connectivity index (χ1v) is 10.7. The Labute approximate surface area is 187 Å². The Morgan fingerprint density at radius 1 is 1.41 bits per heavy atom. The second kappa shape index (κ2) is 10.6. The van der Waals surface area contributed by atoms with E-state index < -0.39 is 10.0 Å². The van der Waals surface area contributed by atoms with E-state index in [1.165, 1.54) is 15.6 Å². The molecule has 0 amide bonds. The van der Waals surface area contributed by atoms with Crippen LogP contribution in [0.2, 0.25) is 5.02 Å². The van der Waals surface area contributed by atoms with Gasteiger partial charge in [-0.25, -0.2) is 8.42 Å². The van der Waals surface area contributed by atoms with E-state index in [4.69, 9.17) is 11.6 Å². The van der Waals surface area contributed by atoms with Gasteiger partial charge in [0.1, 0.15) is 4.21 Å². The highest BCUT2D eigenvalue weighted by atomic mass is 127. The first-order valence-electron chi connectivity index (χ1n) is 7.98. The molecule has 0 saturated heterocycles. The lowest BCUT2D eigenvalue weighted by Crippen LogP contribution is -2.42. The summed E-state index contributed by atoms with van der Waals surface area (Å²) in [6.45, 7) is 1.42. The molecule has 27 heavy (non-hydrogen) atoms. The van der Waals surface area contributed by atoms with E-state index >= 15 is 0 Å². The molecule has 0 bridgehead atoms. The summed E-state index contributed by atoms with van der Waals surface area (Å²) in [7, 11) is 3.70. The fraction of sp³-hybridized carbons (Fsp3) is 0.438. The fourth-order valence-electron chi connectivity index (χ4n) is 2.44. The second-order valence-corrected chi connectivity index (χ2v) is 9.51. The zero-order chi connectivity index (χ0) is 19.3. The summed E-state index contributed by atoms with van der Waals surface area (Å²) in [5.74, 6) is 0.684. The predicted octanol–water partition coefficient (Wildman–Crippen LogP) is 2.69. The van der Waals surface area contributed by atoms with Crippen LogP contribution in [0.15, 0.2) is 39.0 Å². The van der Waals surface area contributed by atoms with Crippen molar-refractivity contribution in [1.82, 2.24) is 19.1 Å². The van der Waals surface area contributed by atoms with E-state index in [0.717, 1.165) is 5.69 Å². The Morgan fingerprint density at radius 3 is 2.63 bits per heavy atom. The lowest BCUT2D eigenvalue weighted by molar-refractivity contribution is 0.444. The number of aryl methyl sites for hydroxylation is 1. The highest BCUT2D eigenvalue weighted by molar-refractivity contribution is 14.0. The first kappa shape index (κ1) is 24.2. The van der Waals surface area contributed by atoms with Crippen molar-refractivity contribution >= 4 is 62.9 Å². The van der Waals surface area contributed by atoms with E-state index in [1.54, 1.807) is 31.6 Å². The minimum absolute atomic E-state index is 0. The van der Waals surface area contributed by atoms with E-state index in [9.17, 15) is 8.42 Å². The Hall–Kier alpha value is -0.820. The molecular weight excluding hydrogens is 521 g/mol. The van der Waals surface area contributed by atoms with Crippen molar-refractivity contribution < 1.29 is 8.42 Å². The average Bonchev–Trinajstić information content (AvgIpc) is 3.22. The lowest BCUT2D eigenvalue weighted by atomic mass is 10.4. The first-order chi connectivity index (χ1) is 12.3. The van der Waals surface area contributed by atoms with Crippen LogP contribution < -0.4 is 5.32 Å². The van der Waals surface area contributed by atoms with Gasteiger partial charge in [-0.15, -0.1) is 35.3 Å². The zero-order valence-electron chi connectivity index (χ0n) is 15.7. The van der Waals surface area contributed by atoms with Crippen LogP contribution in [0.25, 0.3) is 0 Å². The third-order valence-corrected chi connectivity index (χ3v) is 7.35. The van der Waals surface area contributed by atoms with Crippen LogP contribution in [-0.4, -0.2) is 62.4 Å². The maximum absolute atomic E-state index is 12.4. The molecule has 11 heteroatoms. The van der Waals surface area contributed by atoms with E-state index in [1.807, 2.05) is 35.8 Å².